The number of hydrogen-bond donors (Lipinski definition) is 0. The molecule has 0 aliphatic carbocycles. The molecule has 1 aromatic rings. The van der Waals surface area contributed by atoms with Gasteiger partial charge in [-0.2, -0.15) is 0 Å². The van der Waals surface area contributed by atoms with Gasteiger partial charge >= 0.3 is 7.12 Å². The molecule has 1 heterocycles. The molecule has 1 saturated heterocycles. The van der Waals surface area contributed by atoms with Crippen molar-refractivity contribution in [3.63, 3.8) is 0 Å². The van der Waals surface area contributed by atoms with Gasteiger partial charge in [0.2, 0.25) is 0 Å². The van der Waals surface area contributed by atoms with Gasteiger partial charge < -0.3 is 14.0 Å². The van der Waals surface area contributed by atoms with Gasteiger partial charge in [0.15, 0.2) is 0 Å². The van der Waals surface area contributed by atoms with Gasteiger partial charge in [0.25, 0.3) is 0 Å². The van der Waals surface area contributed by atoms with Gasteiger partial charge in [0.1, 0.15) is 5.75 Å². The van der Waals surface area contributed by atoms with Gasteiger partial charge in [-0.15, -0.1) is 0 Å². The van der Waals surface area contributed by atoms with E-state index in [1.165, 1.54) is 0 Å². The summed E-state index contributed by atoms with van der Waals surface area (Å²) in [6.45, 7) is 14.4. The highest BCUT2D eigenvalue weighted by Gasteiger charge is 2.51. The summed E-state index contributed by atoms with van der Waals surface area (Å²) >= 11 is 0. The highest BCUT2D eigenvalue weighted by atomic mass is 16.7. The Kier molecular flexibility index (Phi) is 3.91. The van der Waals surface area contributed by atoms with E-state index in [0.717, 1.165) is 16.8 Å². The maximum Gasteiger partial charge on any atom is 0.494 e. The number of ether oxygens (including phenoxy) is 1. The van der Waals surface area contributed by atoms with E-state index in [9.17, 15) is 0 Å². The van der Waals surface area contributed by atoms with Crippen molar-refractivity contribution in [3.05, 3.63) is 23.8 Å². The Balaban J connectivity index is 2.27. The lowest BCUT2D eigenvalue weighted by atomic mass is 9.78. The van der Waals surface area contributed by atoms with Crippen molar-refractivity contribution in [1.29, 1.82) is 0 Å². The fraction of sp³-hybridized carbons (Fsp3) is 0.625. The highest BCUT2D eigenvalue weighted by Crippen LogP contribution is 2.36. The van der Waals surface area contributed by atoms with Crippen LogP contribution in [-0.2, 0) is 9.31 Å². The summed E-state index contributed by atoms with van der Waals surface area (Å²) in [6.07, 6.45) is 0.155. The predicted molar refractivity (Wildman–Crippen MR) is 82.7 cm³/mol. The van der Waals surface area contributed by atoms with Crippen LogP contribution in [0.4, 0.5) is 0 Å². The van der Waals surface area contributed by atoms with Crippen LogP contribution in [0.5, 0.6) is 5.75 Å². The van der Waals surface area contributed by atoms with Crippen molar-refractivity contribution in [2.75, 3.05) is 0 Å². The highest BCUT2D eigenvalue weighted by molar-refractivity contribution is 6.62. The Morgan fingerprint density at radius 3 is 2.10 bits per heavy atom. The zero-order chi connectivity index (χ0) is 15.1. The minimum atomic E-state index is -0.338. The van der Waals surface area contributed by atoms with E-state index in [1.807, 2.05) is 32.9 Å². The fourth-order valence-corrected chi connectivity index (χ4v) is 2.12. The molecule has 0 radical (unpaired) electrons. The first-order chi connectivity index (χ1) is 9.12. The van der Waals surface area contributed by atoms with Gasteiger partial charge in [0.05, 0.1) is 17.3 Å². The minimum Gasteiger partial charge on any atom is -0.491 e. The van der Waals surface area contributed by atoms with Gasteiger partial charge in [-0.25, -0.2) is 0 Å². The van der Waals surface area contributed by atoms with Crippen molar-refractivity contribution in [2.45, 2.75) is 65.8 Å². The van der Waals surface area contributed by atoms with Crippen LogP contribution in [0.25, 0.3) is 0 Å². The molecular weight excluding hydrogens is 251 g/mol. The Hall–Kier alpha value is -0.995. The largest absolute Gasteiger partial charge is 0.494 e. The number of rotatable bonds is 3. The number of aryl methyl sites for hydroxylation is 1. The summed E-state index contributed by atoms with van der Waals surface area (Å²) in [6, 6.07) is 6.13. The minimum absolute atomic E-state index is 0.155. The maximum atomic E-state index is 6.07. The van der Waals surface area contributed by atoms with E-state index in [2.05, 4.69) is 33.8 Å². The lowest BCUT2D eigenvalue weighted by molar-refractivity contribution is 0.00578. The summed E-state index contributed by atoms with van der Waals surface area (Å²) < 4.78 is 18.0. The van der Waals surface area contributed by atoms with E-state index in [4.69, 9.17) is 14.0 Å². The molecule has 3 nitrogen and oxygen atoms in total. The van der Waals surface area contributed by atoms with Crippen LogP contribution < -0.4 is 10.2 Å². The van der Waals surface area contributed by atoms with E-state index in [-0.39, 0.29) is 24.4 Å². The van der Waals surface area contributed by atoms with E-state index in [1.54, 1.807) is 0 Å². The topological polar surface area (TPSA) is 27.7 Å². The molecule has 0 N–H and O–H groups in total. The zero-order valence-corrected chi connectivity index (χ0v) is 13.6. The van der Waals surface area contributed by atoms with Crippen LogP contribution in [0, 0.1) is 6.92 Å². The molecule has 0 atom stereocenters. The van der Waals surface area contributed by atoms with Gasteiger partial charge in [-0.3, -0.25) is 0 Å². The maximum absolute atomic E-state index is 6.07. The molecule has 1 aromatic carbocycles. The van der Waals surface area contributed by atoms with E-state index < -0.39 is 0 Å². The van der Waals surface area contributed by atoms with Gasteiger partial charge in [-0.05, 0) is 65.6 Å². The van der Waals surface area contributed by atoms with Crippen LogP contribution in [0.1, 0.15) is 47.1 Å². The van der Waals surface area contributed by atoms with Crippen molar-refractivity contribution in [2.24, 2.45) is 0 Å². The molecule has 1 aliphatic rings. The Bertz CT molecular complexity index is 478. The third-order valence-electron chi connectivity index (χ3n) is 4.10. The second-order valence-electron chi connectivity index (χ2n) is 6.78. The van der Waals surface area contributed by atoms with E-state index >= 15 is 0 Å². The Morgan fingerprint density at radius 1 is 1.05 bits per heavy atom. The summed E-state index contributed by atoms with van der Waals surface area (Å²) in [5.74, 6) is 0.896. The van der Waals surface area contributed by atoms with Gasteiger partial charge in [-0.1, -0.05) is 12.1 Å². The van der Waals surface area contributed by atoms with Crippen molar-refractivity contribution in [3.8, 4) is 5.75 Å². The monoisotopic (exact) mass is 276 g/mol. The third-order valence-corrected chi connectivity index (χ3v) is 4.10. The average Bonchev–Trinajstić information content (AvgIpc) is 2.50. The molecule has 1 aliphatic heterocycles. The standard InChI is InChI=1S/C16H25BO3/c1-11(2)18-14-10-13(9-8-12(14)3)17-19-15(4,5)16(6,7)20-17/h8-11H,1-7H3. The van der Waals surface area contributed by atoms with Crippen molar-refractivity contribution >= 4 is 12.6 Å². The first-order valence-corrected chi connectivity index (χ1v) is 7.25. The van der Waals surface area contributed by atoms with Crippen LogP contribution in [0.3, 0.4) is 0 Å². The fourth-order valence-electron chi connectivity index (χ4n) is 2.12. The smallest absolute Gasteiger partial charge is 0.491 e. The Morgan fingerprint density at radius 2 is 1.60 bits per heavy atom. The quantitative estimate of drug-likeness (QED) is 0.794. The molecule has 0 amide bonds. The second kappa shape index (κ2) is 5.08. The Labute approximate surface area is 122 Å². The molecule has 0 spiro atoms. The third kappa shape index (κ3) is 2.86. The molecular formula is C16H25BO3. The summed E-state index contributed by atoms with van der Waals surface area (Å²) in [5.41, 5.74) is 1.49. The molecule has 1 fully saturated rings. The summed E-state index contributed by atoms with van der Waals surface area (Å²) in [5, 5.41) is 0. The predicted octanol–water partition coefficient (Wildman–Crippen LogP) is 3.08. The molecule has 110 valence electrons. The van der Waals surface area contributed by atoms with Crippen LogP contribution >= 0.6 is 0 Å². The van der Waals surface area contributed by atoms with Gasteiger partial charge in [0, 0.05) is 0 Å². The SMILES string of the molecule is Cc1ccc(B2OC(C)(C)C(C)(C)O2)cc1OC(C)C. The molecule has 20 heavy (non-hydrogen) atoms. The number of hydrogen-bond acceptors (Lipinski definition) is 3. The molecule has 0 unspecified atom stereocenters. The van der Waals surface area contributed by atoms with Crippen molar-refractivity contribution in [1.82, 2.24) is 0 Å². The zero-order valence-electron chi connectivity index (χ0n) is 13.6. The van der Waals surface area contributed by atoms with Crippen LogP contribution in [0.15, 0.2) is 18.2 Å². The van der Waals surface area contributed by atoms with Crippen molar-refractivity contribution < 1.29 is 14.0 Å². The first-order valence-electron chi connectivity index (χ1n) is 7.25. The van der Waals surface area contributed by atoms with Crippen LogP contribution in [0.2, 0.25) is 0 Å². The summed E-state index contributed by atoms with van der Waals surface area (Å²) in [7, 11) is -0.338. The van der Waals surface area contributed by atoms with E-state index in [0.29, 0.717) is 0 Å². The molecule has 0 bridgehead atoms. The molecule has 0 aromatic heterocycles. The normalized spacial score (nSPS) is 20.5. The van der Waals surface area contributed by atoms with Crippen LogP contribution in [-0.4, -0.2) is 24.4 Å². The molecule has 4 heteroatoms. The lowest BCUT2D eigenvalue weighted by Gasteiger charge is -2.32. The average molecular weight is 276 g/mol. The lowest BCUT2D eigenvalue weighted by Crippen LogP contribution is -2.41. The molecule has 2 rings (SSSR count). The number of benzene rings is 1. The first kappa shape index (κ1) is 15.4. The summed E-state index contributed by atoms with van der Waals surface area (Å²) in [4.78, 5) is 0. The molecule has 0 saturated carbocycles. The second-order valence-corrected chi connectivity index (χ2v) is 6.78.